The van der Waals surface area contributed by atoms with E-state index in [9.17, 15) is 19.5 Å². The first kappa shape index (κ1) is 37.2. The van der Waals surface area contributed by atoms with Gasteiger partial charge in [-0.3, -0.25) is 14.4 Å². The average Bonchev–Trinajstić information content (AvgIpc) is 3.35. The molecule has 0 radical (unpaired) electrons. The Kier molecular flexibility index (Phi) is 14.7. The van der Waals surface area contributed by atoms with Gasteiger partial charge in [0.05, 0.1) is 17.7 Å². The molecular formula is C38H58N4O4. The third kappa shape index (κ3) is 10.7. The number of carbonyl (C=O) groups is 3. The molecule has 1 unspecified atom stereocenters. The summed E-state index contributed by atoms with van der Waals surface area (Å²) in [7, 11) is 0. The molecule has 0 spiro atoms. The van der Waals surface area contributed by atoms with Crippen LogP contribution in [0.2, 0.25) is 0 Å². The quantitative estimate of drug-likeness (QED) is 0.162. The van der Waals surface area contributed by atoms with Gasteiger partial charge in [-0.05, 0) is 74.3 Å². The van der Waals surface area contributed by atoms with Crippen molar-refractivity contribution in [2.75, 3.05) is 13.1 Å². The van der Waals surface area contributed by atoms with Crippen LogP contribution in [0.5, 0.6) is 0 Å². The highest BCUT2D eigenvalue weighted by Gasteiger charge is 2.50. The molecule has 1 aliphatic heterocycles. The number of benzene rings is 2. The highest BCUT2D eigenvalue weighted by atomic mass is 16.3. The number of nitrogens with zero attached hydrogens (tertiary/aromatic N) is 1. The molecule has 0 aromatic heterocycles. The molecule has 1 saturated heterocycles. The maximum Gasteiger partial charge on any atom is 0.243 e. The van der Waals surface area contributed by atoms with E-state index in [1.807, 2.05) is 83.1 Å². The molecule has 2 aromatic carbocycles. The Labute approximate surface area is 276 Å². The summed E-state index contributed by atoms with van der Waals surface area (Å²) in [5.41, 5.74) is 8.06. The van der Waals surface area contributed by atoms with Gasteiger partial charge in [0, 0.05) is 19.0 Å². The lowest BCUT2D eigenvalue weighted by molar-refractivity contribution is -0.142. The van der Waals surface area contributed by atoms with Gasteiger partial charge in [-0.2, -0.15) is 0 Å². The van der Waals surface area contributed by atoms with E-state index in [-0.39, 0.29) is 36.0 Å². The number of rotatable bonds is 19. The molecule has 0 aliphatic carbocycles. The molecule has 3 amide bonds. The van der Waals surface area contributed by atoms with Crippen molar-refractivity contribution in [2.45, 2.75) is 116 Å². The van der Waals surface area contributed by atoms with Gasteiger partial charge in [-0.15, -0.1) is 0 Å². The van der Waals surface area contributed by atoms with Gasteiger partial charge in [-0.25, -0.2) is 0 Å². The minimum absolute atomic E-state index is 0.00478. The van der Waals surface area contributed by atoms with Gasteiger partial charge in [0.15, 0.2) is 0 Å². The summed E-state index contributed by atoms with van der Waals surface area (Å²) in [6.45, 7) is 10.9. The summed E-state index contributed by atoms with van der Waals surface area (Å²) >= 11 is 0. The van der Waals surface area contributed by atoms with E-state index < -0.39 is 29.6 Å². The number of aliphatic hydroxyl groups excluding tert-OH is 1. The van der Waals surface area contributed by atoms with Gasteiger partial charge in [0.1, 0.15) is 6.04 Å². The number of hydrogen-bond donors (Lipinski definition) is 4. The molecule has 0 bridgehead atoms. The fourth-order valence-electron chi connectivity index (χ4n) is 6.49. The first-order valence-electron chi connectivity index (χ1n) is 17.4. The lowest BCUT2D eigenvalue weighted by Gasteiger charge is -2.34. The zero-order valence-corrected chi connectivity index (χ0v) is 28.7. The van der Waals surface area contributed by atoms with Crippen molar-refractivity contribution in [1.82, 2.24) is 15.5 Å². The zero-order valence-electron chi connectivity index (χ0n) is 28.7. The predicted molar refractivity (Wildman–Crippen MR) is 185 cm³/mol. The van der Waals surface area contributed by atoms with Gasteiger partial charge >= 0.3 is 0 Å². The number of aliphatic hydroxyl groups is 1. The van der Waals surface area contributed by atoms with Crippen molar-refractivity contribution in [1.29, 1.82) is 0 Å². The fraction of sp³-hybridized carbons (Fsp3) is 0.605. The summed E-state index contributed by atoms with van der Waals surface area (Å²) in [6.07, 6.45) is 5.06. The Morgan fingerprint density at radius 1 is 0.913 bits per heavy atom. The Morgan fingerprint density at radius 2 is 1.52 bits per heavy atom. The van der Waals surface area contributed by atoms with Crippen LogP contribution in [0, 0.1) is 17.8 Å². The first-order valence-corrected chi connectivity index (χ1v) is 17.4. The molecule has 5 N–H and O–H groups in total. The van der Waals surface area contributed by atoms with Crippen LogP contribution in [0.4, 0.5) is 0 Å². The molecule has 46 heavy (non-hydrogen) atoms. The molecule has 8 nitrogen and oxygen atoms in total. The van der Waals surface area contributed by atoms with E-state index in [1.165, 1.54) is 5.56 Å². The number of hydrogen-bond acceptors (Lipinski definition) is 5. The molecule has 1 heterocycles. The summed E-state index contributed by atoms with van der Waals surface area (Å²) < 4.78 is 0. The van der Waals surface area contributed by atoms with Crippen molar-refractivity contribution in [3.63, 3.8) is 0 Å². The number of carbonyl (C=O) groups excluding carboxylic acids is 3. The van der Waals surface area contributed by atoms with Gasteiger partial charge in [-0.1, -0.05) is 102 Å². The number of unbranched alkanes of at least 4 members (excludes halogenated alkanes) is 1. The lowest BCUT2D eigenvalue weighted by atomic mass is 9.83. The molecule has 6 atom stereocenters. The van der Waals surface area contributed by atoms with Crippen LogP contribution in [-0.2, 0) is 27.2 Å². The predicted octanol–water partition coefficient (Wildman–Crippen LogP) is 5.02. The first-order chi connectivity index (χ1) is 22.0. The number of nitrogens with two attached hydrogens (primary N) is 1. The van der Waals surface area contributed by atoms with Crippen molar-refractivity contribution in [3.8, 4) is 0 Å². The molecule has 254 valence electrons. The van der Waals surface area contributed by atoms with E-state index >= 15 is 0 Å². The molecule has 3 rings (SSSR count). The van der Waals surface area contributed by atoms with Crippen LogP contribution in [0.3, 0.4) is 0 Å². The minimum atomic E-state index is -0.985. The van der Waals surface area contributed by atoms with Crippen molar-refractivity contribution >= 4 is 17.7 Å². The second kappa shape index (κ2) is 18.2. The van der Waals surface area contributed by atoms with Crippen molar-refractivity contribution in [2.24, 2.45) is 23.5 Å². The normalized spacial score (nSPS) is 19.8. The van der Waals surface area contributed by atoms with Crippen LogP contribution in [0.1, 0.15) is 90.7 Å². The van der Waals surface area contributed by atoms with Crippen molar-refractivity contribution < 1.29 is 19.5 Å². The van der Waals surface area contributed by atoms with E-state index in [0.29, 0.717) is 38.8 Å². The topological polar surface area (TPSA) is 125 Å². The average molecular weight is 635 g/mol. The van der Waals surface area contributed by atoms with E-state index in [2.05, 4.69) is 22.8 Å². The highest BCUT2D eigenvalue weighted by molar-refractivity contribution is 5.94. The maximum atomic E-state index is 14.0. The van der Waals surface area contributed by atoms with E-state index in [1.54, 1.807) is 4.90 Å². The SMILES string of the molecule is CCC(C)[C@@]1(N)CCN([C@@H](CCc2ccccc2)C(=O)N[C@@H](CC(C)C)[C@@H](O)C[C@@H](C)C(=O)NCCCCc2ccccc2)C1=O. The van der Waals surface area contributed by atoms with E-state index in [0.717, 1.165) is 31.2 Å². The Morgan fingerprint density at radius 3 is 2.11 bits per heavy atom. The van der Waals surface area contributed by atoms with Crippen LogP contribution in [0.15, 0.2) is 60.7 Å². The zero-order chi connectivity index (χ0) is 33.7. The molecule has 1 aliphatic rings. The van der Waals surface area contributed by atoms with Crippen molar-refractivity contribution in [3.05, 3.63) is 71.8 Å². The van der Waals surface area contributed by atoms with Crippen LogP contribution >= 0.6 is 0 Å². The third-order valence-corrected chi connectivity index (χ3v) is 9.74. The maximum absolute atomic E-state index is 14.0. The number of nitrogens with one attached hydrogen (secondary N) is 2. The largest absolute Gasteiger partial charge is 0.391 e. The van der Waals surface area contributed by atoms with Crippen LogP contribution < -0.4 is 16.4 Å². The Hall–Kier alpha value is -3.23. The monoisotopic (exact) mass is 634 g/mol. The molecular weight excluding hydrogens is 576 g/mol. The standard InChI is InChI=1S/C38H58N4O4/c1-6-29(5)38(39)22-24-42(37(38)46)33(21-20-31-17-11-8-12-18-31)36(45)41-32(25-27(2)3)34(43)26-28(4)35(44)40-23-14-13-19-30-15-9-7-10-16-30/h7-12,15-18,27-29,32-34,43H,6,13-14,19-26,39H2,1-5H3,(H,40,44)(H,41,45)/t28-,29?,32+,33+,34+,38+/m1/s1. The minimum Gasteiger partial charge on any atom is -0.391 e. The van der Waals surface area contributed by atoms with Crippen LogP contribution in [-0.4, -0.2) is 64.5 Å². The Balaban J connectivity index is 1.63. The summed E-state index contributed by atoms with van der Waals surface area (Å²) in [4.78, 5) is 42.3. The van der Waals surface area contributed by atoms with E-state index in [4.69, 9.17) is 5.73 Å². The molecule has 2 aromatic rings. The molecule has 8 heteroatoms. The van der Waals surface area contributed by atoms with Gasteiger partial charge < -0.3 is 26.4 Å². The van der Waals surface area contributed by atoms with Gasteiger partial charge in [0.2, 0.25) is 17.7 Å². The summed E-state index contributed by atoms with van der Waals surface area (Å²) in [6, 6.07) is 19.0. The lowest BCUT2D eigenvalue weighted by Crippen LogP contribution is -2.58. The highest BCUT2D eigenvalue weighted by Crippen LogP contribution is 2.32. The number of likely N-dealkylation sites (tertiary alicyclic amines) is 1. The summed E-state index contributed by atoms with van der Waals surface area (Å²) in [5.74, 6) is -0.774. The van der Waals surface area contributed by atoms with Gasteiger partial charge in [0.25, 0.3) is 0 Å². The Bertz CT molecular complexity index is 1220. The smallest absolute Gasteiger partial charge is 0.243 e. The molecule has 0 saturated carbocycles. The second-order valence-electron chi connectivity index (χ2n) is 13.8. The molecule has 1 fully saturated rings. The second-order valence-corrected chi connectivity index (χ2v) is 13.8. The van der Waals surface area contributed by atoms with Crippen LogP contribution in [0.25, 0.3) is 0 Å². The third-order valence-electron chi connectivity index (χ3n) is 9.74. The number of amides is 3. The summed E-state index contributed by atoms with van der Waals surface area (Å²) in [5, 5.41) is 17.5. The number of aryl methyl sites for hydroxylation is 2. The fourth-order valence-corrected chi connectivity index (χ4v) is 6.49.